The summed E-state index contributed by atoms with van der Waals surface area (Å²) in [5.74, 6) is 1.65. The number of nitrogens with zero attached hydrogens (tertiary/aromatic N) is 1. The predicted octanol–water partition coefficient (Wildman–Crippen LogP) is 3.46. The van der Waals surface area contributed by atoms with E-state index in [1.807, 2.05) is 13.1 Å². The fraction of sp³-hybridized carbons (Fsp3) is 0.688. The number of hydrogen-bond donors (Lipinski definition) is 1. The summed E-state index contributed by atoms with van der Waals surface area (Å²) in [7, 11) is 0. The summed E-state index contributed by atoms with van der Waals surface area (Å²) < 4.78 is 6.11. The second-order valence-electron chi connectivity index (χ2n) is 6.15. The second kappa shape index (κ2) is 6.38. The first-order valence-electron chi connectivity index (χ1n) is 7.40. The van der Waals surface area contributed by atoms with Crippen LogP contribution in [0.25, 0.3) is 0 Å². The van der Waals surface area contributed by atoms with Crippen LogP contribution in [-0.2, 0) is 6.54 Å². The minimum atomic E-state index is 0.251. The minimum Gasteiger partial charge on any atom is -0.490 e. The summed E-state index contributed by atoms with van der Waals surface area (Å²) in [6.45, 7) is 9.48. The summed E-state index contributed by atoms with van der Waals surface area (Å²) in [6, 6.07) is 2.77. The van der Waals surface area contributed by atoms with Crippen molar-refractivity contribution in [3.63, 3.8) is 0 Å². The molecule has 1 unspecified atom stereocenters. The molecule has 0 amide bonds. The molecule has 1 aromatic heterocycles. The molecule has 1 fully saturated rings. The van der Waals surface area contributed by atoms with Gasteiger partial charge in [-0.1, -0.05) is 13.8 Å². The van der Waals surface area contributed by atoms with E-state index >= 15 is 0 Å². The van der Waals surface area contributed by atoms with Gasteiger partial charge in [0.25, 0.3) is 0 Å². The summed E-state index contributed by atoms with van der Waals surface area (Å²) in [5, 5.41) is 3.53. The maximum absolute atomic E-state index is 6.11. The SMILES string of the molecule is Cc1cc(OC(C)CC(C)C)c(CNC2CC2)cn1. The van der Waals surface area contributed by atoms with E-state index in [1.165, 1.54) is 18.4 Å². The topological polar surface area (TPSA) is 34.1 Å². The predicted molar refractivity (Wildman–Crippen MR) is 78.4 cm³/mol. The Balaban J connectivity index is 2.00. The van der Waals surface area contributed by atoms with Gasteiger partial charge in [0.2, 0.25) is 0 Å². The van der Waals surface area contributed by atoms with Crippen molar-refractivity contribution >= 4 is 0 Å². The van der Waals surface area contributed by atoms with Gasteiger partial charge in [0, 0.05) is 36.1 Å². The third-order valence-corrected chi connectivity index (χ3v) is 3.37. The highest BCUT2D eigenvalue weighted by atomic mass is 16.5. The Labute approximate surface area is 116 Å². The molecule has 1 N–H and O–H groups in total. The van der Waals surface area contributed by atoms with E-state index in [0.717, 1.165) is 24.4 Å². The average Bonchev–Trinajstić information content (AvgIpc) is 3.10. The molecule has 0 aromatic carbocycles. The van der Waals surface area contributed by atoms with Crippen LogP contribution in [0.4, 0.5) is 0 Å². The Kier molecular flexibility index (Phi) is 4.81. The molecular weight excluding hydrogens is 236 g/mol. The second-order valence-corrected chi connectivity index (χ2v) is 6.15. The lowest BCUT2D eigenvalue weighted by molar-refractivity contribution is 0.191. The third-order valence-electron chi connectivity index (χ3n) is 3.37. The van der Waals surface area contributed by atoms with Gasteiger partial charge in [-0.25, -0.2) is 0 Å². The number of rotatable bonds is 7. The smallest absolute Gasteiger partial charge is 0.127 e. The van der Waals surface area contributed by atoms with Crippen LogP contribution in [0.2, 0.25) is 0 Å². The van der Waals surface area contributed by atoms with Crippen LogP contribution < -0.4 is 10.1 Å². The molecule has 1 saturated carbocycles. The molecule has 3 heteroatoms. The van der Waals surface area contributed by atoms with Crippen LogP contribution in [-0.4, -0.2) is 17.1 Å². The molecule has 0 saturated heterocycles. The van der Waals surface area contributed by atoms with Crippen molar-refractivity contribution in [2.24, 2.45) is 5.92 Å². The number of ether oxygens (including phenoxy) is 1. The molecule has 19 heavy (non-hydrogen) atoms. The quantitative estimate of drug-likeness (QED) is 0.817. The van der Waals surface area contributed by atoms with E-state index in [4.69, 9.17) is 4.74 Å². The van der Waals surface area contributed by atoms with Gasteiger partial charge in [-0.2, -0.15) is 0 Å². The summed E-state index contributed by atoms with van der Waals surface area (Å²) in [6.07, 6.45) is 5.89. The van der Waals surface area contributed by atoms with E-state index in [2.05, 4.69) is 37.1 Å². The van der Waals surface area contributed by atoms with Gasteiger partial charge < -0.3 is 10.1 Å². The molecule has 0 aliphatic heterocycles. The van der Waals surface area contributed by atoms with Crippen molar-refractivity contribution < 1.29 is 4.74 Å². The fourth-order valence-electron chi connectivity index (χ4n) is 2.28. The first-order chi connectivity index (χ1) is 9.04. The molecule has 0 radical (unpaired) electrons. The van der Waals surface area contributed by atoms with E-state index in [1.54, 1.807) is 0 Å². The van der Waals surface area contributed by atoms with Gasteiger partial charge in [-0.15, -0.1) is 0 Å². The summed E-state index contributed by atoms with van der Waals surface area (Å²) in [4.78, 5) is 4.39. The molecule has 0 bridgehead atoms. The number of pyridine rings is 1. The summed E-state index contributed by atoms with van der Waals surface area (Å²) in [5.41, 5.74) is 2.19. The number of hydrogen-bond acceptors (Lipinski definition) is 3. The van der Waals surface area contributed by atoms with Crippen LogP contribution >= 0.6 is 0 Å². The largest absolute Gasteiger partial charge is 0.490 e. The minimum absolute atomic E-state index is 0.251. The third kappa shape index (κ3) is 4.83. The van der Waals surface area contributed by atoms with Crippen molar-refractivity contribution in [2.45, 2.75) is 65.6 Å². The van der Waals surface area contributed by atoms with E-state index in [9.17, 15) is 0 Å². The average molecular weight is 262 g/mol. The number of nitrogens with one attached hydrogen (secondary N) is 1. The molecule has 106 valence electrons. The zero-order chi connectivity index (χ0) is 13.8. The molecule has 1 heterocycles. The highest BCUT2D eigenvalue weighted by Crippen LogP contribution is 2.24. The van der Waals surface area contributed by atoms with E-state index in [0.29, 0.717) is 12.0 Å². The standard InChI is InChI=1S/C16H26N2O/c1-11(2)7-13(4)19-16-8-12(3)17-9-14(16)10-18-15-5-6-15/h8-9,11,13,15,18H,5-7,10H2,1-4H3. The lowest BCUT2D eigenvalue weighted by Gasteiger charge is -2.19. The van der Waals surface area contributed by atoms with Gasteiger partial charge in [-0.05, 0) is 39.0 Å². The van der Waals surface area contributed by atoms with Crippen LogP contribution in [0, 0.1) is 12.8 Å². The molecule has 1 aliphatic rings. The number of aromatic nitrogens is 1. The zero-order valence-corrected chi connectivity index (χ0v) is 12.6. The highest BCUT2D eigenvalue weighted by Gasteiger charge is 2.21. The summed E-state index contributed by atoms with van der Waals surface area (Å²) >= 11 is 0. The highest BCUT2D eigenvalue weighted by molar-refractivity contribution is 5.33. The van der Waals surface area contributed by atoms with Gasteiger partial charge >= 0.3 is 0 Å². The Hall–Kier alpha value is -1.09. The maximum atomic E-state index is 6.11. The van der Waals surface area contributed by atoms with Crippen molar-refractivity contribution in [1.29, 1.82) is 0 Å². The molecule has 3 nitrogen and oxygen atoms in total. The first kappa shape index (κ1) is 14.3. The van der Waals surface area contributed by atoms with Crippen LogP contribution in [0.3, 0.4) is 0 Å². The Bertz CT molecular complexity index is 413. The molecular formula is C16H26N2O. The van der Waals surface area contributed by atoms with Gasteiger partial charge in [0.15, 0.2) is 0 Å². The monoisotopic (exact) mass is 262 g/mol. The van der Waals surface area contributed by atoms with Crippen molar-refractivity contribution in [1.82, 2.24) is 10.3 Å². The van der Waals surface area contributed by atoms with Crippen molar-refractivity contribution in [2.75, 3.05) is 0 Å². The van der Waals surface area contributed by atoms with Gasteiger partial charge in [-0.3, -0.25) is 4.98 Å². The van der Waals surface area contributed by atoms with Gasteiger partial charge in [0.1, 0.15) is 5.75 Å². The van der Waals surface area contributed by atoms with Crippen LogP contribution in [0.15, 0.2) is 12.3 Å². The van der Waals surface area contributed by atoms with E-state index in [-0.39, 0.29) is 6.10 Å². The van der Waals surface area contributed by atoms with E-state index < -0.39 is 0 Å². The molecule has 1 atom stereocenters. The lowest BCUT2D eigenvalue weighted by Crippen LogP contribution is -2.19. The fourth-order valence-corrected chi connectivity index (χ4v) is 2.28. The first-order valence-corrected chi connectivity index (χ1v) is 7.40. The zero-order valence-electron chi connectivity index (χ0n) is 12.6. The van der Waals surface area contributed by atoms with Crippen molar-refractivity contribution in [3.05, 3.63) is 23.5 Å². The Morgan fingerprint density at radius 3 is 2.74 bits per heavy atom. The molecule has 2 rings (SSSR count). The van der Waals surface area contributed by atoms with Crippen molar-refractivity contribution in [3.8, 4) is 5.75 Å². The number of aryl methyl sites for hydroxylation is 1. The van der Waals surface area contributed by atoms with Crippen LogP contribution in [0.5, 0.6) is 5.75 Å². The Morgan fingerprint density at radius 2 is 2.11 bits per heavy atom. The van der Waals surface area contributed by atoms with Gasteiger partial charge in [0.05, 0.1) is 6.10 Å². The molecule has 1 aliphatic carbocycles. The van der Waals surface area contributed by atoms with Crippen LogP contribution in [0.1, 0.15) is 51.3 Å². The molecule has 1 aromatic rings. The normalized spacial score (nSPS) is 16.7. The molecule has 0 spiro atoms. The Morgan fingerprint density at radius 1 is 1.37 bits per heavy atom. The lowest BCUT2D eigenvalue weighted by atomic mass is 10.1. The maximum Gasteiger partial charge on any atom is 0.127 e.